The summed E-state index contributed by atoms with van der Waals surface area (Å²) in [7, 11) is 0. The molecular weight excluding hydrogens is 241 g/mol. The first kappa shape index (κ1) is 13.8. The molecule has 8 heteroatoms. The number of halogens is 3. The number of nitrogens with one attached hydrogen (secondary N) is 2. The second-order valence-electron chi connectivity index (χ2n) is 4.18. The largest absolute Gasteiger partial charge is 0.490 e. The van der Waals surface area contributed by atoms with Gasteiger partial charge in [0.15, 0.2) is 0 Å². The van der Waals surface area contributed by atoms with E-state index in [0.29, 0.717) is 5.41 Å². The SMILES string of the molecule is O=C(O)C(F)(F)F.O=C1CCC2(CNC2)CN1. The van der Waals surface area contributed by atoms with Crippen molar-refractivity contribution in [1.82, 2.24) is 10.6 Å². The van der Waals surface area contributed by atoms with Crippen LogP contribution in [0.3, 0.4) is 0 Å². The number of aliphatic carboxylic acids is 1. The zero-order chi connectivity index (χ0) is 13.1. The van der Waals surface area contributed by atoms with E-state index in [1.807, 2.05) is 0 Å². The van der Waals surface area contributed by atoms with Gasteiger partial charge in [-0.1, -0.05) is 0 Å². The highest BCUT2D eigenvalue weighted by molar-refractivity contribution is 5.76. The van der Waals surface area contributed by atoms with Crippen LogP contribution in [-0.4, -0.2) is 42.8 Å². The molecule has 0 bridgehead atoms. The smallest absolute Gasteiger partial charge is 0.475 e. The van der Waals surface area contributed by atoms with E-state index in [-0.39, 0.29) is 5.91 Å². The molecule has 0 aliphatic carbocycles. The normalized spacial score (nSPS) is 21.9. The Labute approximate surface area is 95.4 Å². The van der Waals surface area contributed by atoms with Crippen LogP contribution in [0.15, 0.2) is 0 Å². The third-order valence-corrected chi connectivity index (χ3v) is 2.79. The van der Waals surface area contributed by atoms with Crippen molar-refractivity contribution in [1.29, 1.82) is 0 Å². The molecule has 0 aromatic carbocycles. The topological polar surface area (TPSA) is 78.4 Å². The predicted octanol–water partition coefficient (Wildman–Crippen LogP) is 0.119. The van der Waals surface area contributed by atoms with Crippen molar-refractivity contribution in [2.75, 3.05) is 19.6 Å². The van der Waals surface area contributed by atoms with Crippen LogP contribution in [0.25, 0.3) is 0 Å². The Morgan fingerprint density at radius 3 is 2.06 bits per heavy atom. The molecule has 2 aliphatic rings. The van der Waals surface area contributed by atoms with E-state index in [0.717, 1.165) is 32.5 Å². The lowest BCUT2D eigenvalue weighted by Gasteiger charge is -2.45. The van der Waals surface area contributed by atoms with Crippen LogP contribution in [0.5, 0.6) is 0 Å². The molecular formula is C9H13F3N2O3. The van der Waals surface area contributed by atoms with Gasteiger partial charge in [0.05, 0.1) is 0 Å². The Morgan fingerprint density at radius 2 is 1.82 bits per heavy atom. The minimum atomic E-state index is -5.08. The predicted molar refractivity (Wildman–Crippen MR) is 51.2 cm³/mol. The first-order valence-electron chi connectivity index (χ1n) is 5.03. The molecule has 0 radical (unpaired) electrons. The average molecular weight is 254 g/mol. The number of hydrogen-bond acceptors (Lipinski definition) is 3. The number of carboxylic acids is 1. The molecule has 1 spiro atoms. The molecule has 0 aromatic rings. The maximum Gasteiger partial charge on any atom is 0.490 e. The minimum absolute atomic E-state index is 0.220. The Balaban J connectivity index is 0.000000185. The van der Waals surface area contributed by atoms with Gasteiger partial charge in [0.1, 0.15) is 0 Å². The van der Waals surface area contributed by atoms with Crippen LogP contribution in [0.1, 0.15) is 12.8 Å². The summed E-state index contributed by atoms with van der Waals surface area (Å²) in [5.74, 6) is -2.54. The molecule has 0 saturated carbocycles. The molecule has 1 amide bonds. The number of carbonyl (C=O) groups excluding carboxylic acids is 1. The molecule has 2 aliphatic heterocycles. The zero-order valence-electron chi connectivity index (χ0n) is 8.93. The molecule has 3 N–H and O–H groups in total. The molecule has 0 atom stereocenters. The molecule has 17 heavy (non-hydrogen) atoms. The molecule has 2 rings (SSSR count). The summed E-state index contributed by atoms with van der Waals surface area (Å²) in [5.41, 5.74) is 0.438. The van der Waals surface area contributed by atoms with Gasteiger partial charge in [-0.3, -0.25) is 4.79 Å². The van der Waals surface area contributed by atoms with Gasteiger partial charge in [0.25, 0.3) is 0 Å². The van der Waals surface area contributed by atoms with Gasteiger partial charge < -0.3 is 15.7 Å². The highest BCUT2D eigenvalue weighted by Crippen LogP contribution is 2.29. The maximum absolute atomic E-state index is 10.8. The molecule has 0 aromatic heterocycles. The fraction of sp³-hybridized carbons (Fsp3) is 0.778. The number of carbonyl (C=O) groups is 2. The maximum atomic E-state index is 10.8. The first-order chi connectivity index (χ1) is 7.75. The number of amides is 1. The summed E-state index contributed by atoms with van der Waals surface area (Å²) in [6, 6.07) is 0. The van der Waals surface area contributed by atoms with Gasteiger partial charge in [0, 0.05) is 31.5 Å². The average Bonchev–Trinajstić information content (AvgIpc) is 2.16. The highest BCUT2D eigenvalue weighted by atomic mass is 19.4. The summed E-state index contributed by atoms with van der Waals surface area (Å²) in [4.78, 5) is 19.7. The summed E-state index contributed by atoms with van der Waals surface area (Å²) in [6.45, 7) is 3.07. The van der Waals surface area contributed by atoms with Gasteiger partial charge in [-0.25, -0.2) is 4.79 Å². The number of piperidine rings is 1. The lowest BCUT2D eigenvalue weighted by molar-refractivity contribution is -0.192. The first-order valence-corrected chi connectivity index (χ1v) is 5.03. The number of alkyl halides is 3. The van der Waals surface area contributed by atoms with Gasteiger partial charge in [-0.2, -0.15) is 13.2 Å². The van der Waals surface area contributed by atoms with Gasteiger partial charge in [-0.05, 0) is 6.42 Å². The number of hydrogen-bond donors (Lipinski definition) is 3. The van der Waals surface area contributed by atoms with Crippen LogP contribution in [0, 0.1) is 5.41 Å². The Morgan fingerprint density at radius 1 is 1.29 bits per heavy atom. The fourth-order valence-corrected chi connectivity index (χ4v) is 1.62. The van der Waals surface area contributed by atoms with Crippen molar-refractivity contribution < 1.29 is 27.9 Å². The van der Waals surface area contributed by atoms with Crippen LogP contribution in [-0.2, 0) is 9.59 Å². The molecule has 98 valence electrons. The van der Waals surface area contributed by atoms with Crippen LogP contribution >= 0.6 is 0 Å². The summed E-state index contributed by atoms with van der Waals surface area (Å²) in [5, 5.41) is 13.3. The third kappa shape index (κ3) is 3.88. The van der Waals surface area contributed by atoms with Crippen molar-refractivity contribution in [3.05, 3.63) is 0 Å². The van der Waals surface area contributed by atoms with Crippen LogP contribution in [0.2, 0.25) is 0 Å². The zero-order valence-corrected chi connectivity index (χ0v) is 8.93. The van der Waals surface area contributed by atoms with E-state index in [9.17, 15) is 18.0 Å². The molecule has 2 fully saturated rings. The second kappa shape index (κ2) is 4.91. The van der Waals surface area contributed by atoms with Crippen molar-refractivity contribution in [3.63, 3.8) is 0 Å². The van der Waals surface area contributed by atoms with E-state index >= 15 is 0 Å². The van der Waals surface area contributed by atoms with Crippen LogP contribution in [0.4, 0.5) is 13.2 Å². The van der Waals surface area contributed by atoms with E-state index in [2.05, 4.69) is 10.6 Å². The lowest BCUT2D eigenvalue weighted by atomic mass is 9.75. The van der Waals surface area contributed by atoms with E-state index in [1.165, 1.54) is 0 Å². The Kier molecular flexibility index (Phi) is 3.97. The Hall–Kier alpha value is -1.31. The third-order valence-electron chi connectivity index (χ3n) is 2.79. The van der Waals surface area contributed by atoms with Gasteiger partial charge in [0.2, 0.25) is 5.91 Å². The number of carboxylic acid groups (broad SMARTS) is 1. The second-order valence-corrected chi connectivity index (χ2v) is 4.18. The molecule has 2 saturated heterocycles. The Bertz CT molecular complexity index is 301. The van der Waals surface area contributed by atoms with Crippen LogP contribution < -0.4 is 10.6 Å². The fourth-order valence-electron chi connectivity index (χ4n) is 1.62. The van der Waals surface area contributed by atoms with Gasteiger partial charge >= 0.3 is 12.1 Å². The molecule has 5 nitrogen and oxygen atoms in total. The monoisotopic (exact) mass is 254 g/mol. The molecule has 0 unspecified atom stereocenters. The highest BCUT2D eigenvalue weighted by Gasteiger charge is 2.39. The quantitative estimate of drug-likeness (QED) is 0.573. The van der Waals surface area contributed by atoms with E-state index in [4.69, 9.17) is 9.90 Å². The lowest BCUT2D eigenvalue weighted by Crippen LogP contribution is -2.61. The molecule has 2 heterocycles. The van der Waals surface area contributed by atoms with Crippen molar-refractivity contribution >= 4 is 11.9 Å². The minimum Gasteiger partial charge on any atom is -0.475 e. The van der Waals surface area contributed by atoms with Gasteiger partial charge in [-0.15, -0.1) is 0 Å². The summed E-state index contributed by atoms with van der Waals surface area (Å²) < 4.78 is 31.7. The summed E-state index contributed by atoms with van der Waals surface area (Å²) in [6.07, 6.45) is -3.28. The standard InChI is InChI=1S/C7H12N2O.C2HF3O2/c10-6-1-2-7(5-9-6)3-8-4-7;3-2(4,5)1(6)7/h8H,1-5H2,(H,9,10);(H,6,7). The van der Waals surface area contributed by atoms with Crippen molar-refractivity contribution in [2.24, 2.45) is 5.41 Å². The van der Waals surface area contributed by atoms with E-state index < -0.39 is 12.1 Å². The van der Waals surface area contributed by atoms with Crippen molar-refractivity contribution in [2.45, 2.75) is 19.0 Å². The van der Waals surface area contributed by atoms with Crippen molar-refractivity contribution in [3.8, 4) is 0 Å². The van der Waals surface area contributed by atoms with E-state index in [1.54, 1.807) is 0 Å². The summed E-state index contributed by atoms with van der Waals surface area (Å²) >= 11 is 0. The number of rotatable bonds is 0.